The maximum Gasteiger partial charge on any atom is 0.0780 e. The van der Waals surface area contributed by atoms with E-state index in [1.54, 1.807) is 0 Å². The van der Waals surface area contributed by atoms with Gasteiger partial charge in [-0.15, -0.1) is 0 Å². The first kappa shape index (κ1) is 17.5. The summed E-state index contributed by atoms with van der Waals surface area (Å²) < 4.78 is 11.5. The molecule has 0 saturated carbocycles. The Labute approximate surface area is 134 Å². The molecule has 0 spiro atoms. The molecule has 0 amide bonds. The summed E-state index contributed by atoms with van der Waals surface area (Å²) in [4.78, 5) is 0. The zero-order valence-electron chi connectivity index (χ0n) is 15.4. The predicted molar refractivity (Wildman–Crippen MR) is 86.5 cm³/mol. The van der Waals surface area contributed by atoms with E-state index in [0.717, 1.165) is 0 Å². The molecule has 2 saturated heterocycles. The van der Waals surface area contributed by atoms with E-state index < -0.39 is 0 Å². The summed E-state index contributed by atoms with van der Waals surface area (Å²) in [6, 6.07) is 0. The van der Waals surface area contributed by atoms with Crippen LogP contribution in [0.15, 0.2) is 10.4 Å². The maximum absolute atomic E-state index is 5.73. The molecule has 2 aliphatic heterocycles. The van der Waals surface area contributed by atoms with Gasteiger partial charge in [0.25, 0.3) is 0 Å². The van der Waals surface area contributed by atoms with Gasteiger partial charge in [-0.05, 0) is 55.4 Å². The second-order valence-electron chi connectivity index (χ2n) is 9.04. The number of ether oxygens (including phenoxy) is 2. The number of nitrogens with zero attached hydrogens (tertiary/aromatic N) is 4. The maximum atomic E-state index is 5.73. The van der Waals surface area contributed by atoms with Gasteiger partial charge in [-0.25, -0.2) is 0 Å². The molecule has 0 aliphatic carbocycles. The molecule has 0 N–H and O–H groups in total. The summed E-state index contributed by atoms with van der Waals surface area (Å²) in [5.41, 5.74) is -0.699. The lowest BCUT2D eigenvalue weighted by molar-refractivity contribution is -0.156. The molecule has 2 fully saturated rings. The van der Waals surface area contributed by atoms with Crippen molar-refractivity contribution >= 4 is 0 Å². The molecule has 0 aromatic rings. The standard InChI is InChI=1S/C16H32N4O2/c1-13(2)9-21-10-14(3,4)19(13)17-18-20-15(5,6)11-22-12-16(20,7)8/h9-12H2,1-8H3/b18-17+. The molecular weight excluding hydrogens is 280 g/mol. The first-order chi connectivity index (χ1) is 9.89. The minimum Gasteiger partial charge on any atom is -0.376 e. The highest BCUT2D eigenvalue weighted by Gasteiger charge is 2.45. The molecule has 0 bridgehead atoms. The van der Waals surface area contributed by atoms with Crippen molar-refractivity contribution in [2.75, 3.05) is 26.4 Å². The number of hydrogen-bond donors (Lipinski definition) is 0. The molecule has 22 heavy (non-hydrogen) atoms. The molecule has 0 atom stereocenters. The lowest BCUT2D eigenvalue weighted by atomic mass is 9.94. The van der Waals surface area contributed by atoms with Gasteiger partial charge < -0.3 is 9.47 Å². The highest BCUT2D eigenvalue weighted by atomic mass is 16.5. The smallest absolute Gasteiger partial charge is 0.0780 e. The molecule has 0 radical (unpaired) electrons. The summed E-state index contributed by atoms with van der Waals surface area (Å²) in [6.45, 7) is 19.8. The van der Waals surface area contributed by atoms with Crippen molar-refractivity contribution in [3.63, 3.8) is 0 Å². The van der Waals surface area contributed by atoms with Gasteiger partial charge in [-0.2, -0.15) is 0 Å². The van der Waals surface area contributed by atoms with E-state index in [9.17, 15) is 0 Å². The van der Waals surface area contributed by atoms with Crippen LogP contribution in [0, 0.1) is 0 Å². The second-order valence-corrected chi connectivity index (χ2v) is 9.04. The van der Waals surface area contributed by atoms with E-state index >= 15 is 0 Å². The van der Waals surface area contributed by atoms with Crippen LogP contribution in [-0.2, 0) is 9.47 Å². The van der Waals surface area contributed by atoms with Crippen LogP contribution in [0.3, 0.4) is 0 Å². The van der Waals surface area contributed by atoms with Gasteiger partial charge in [0.1, 0.15) is 0 Å². The first-order valence-electron chi connectivity index (χ1n) is 8.06. The predicted octanol–water partition coefficient (Wildman–Crippen LogP) is 3.05. The fourth-order valence-corrected chi connectivity index (χ4v) is 3.55. The summed E-state index contributed by atoms with van der Waals surface area (Å²) in [7, 11) is 0. The number of rotatable bonds is 2. The topological polar surface area (TPSA) is 49.7 Å². The van der Waals surface area contributed by atoms with Gasteiger partial charge in [-0.3, -0.25) is 10.0 Å². The molecule has 2 rings (SSSR count). The van der Waals surface area contributed by atoms with Gasteiger partial charge in [0.2, 0.25) is 0 Å². The van der Waals surface area contributed by atoms with Crippen molar-refractivity contribution in [3.05, 3.63) is 0 Å². The van der Waals surface area contributed by atoms with Gasteiger partial charge in [0.15, 0.2) is 0 Å². The van der Waals surface area contributed by atoms with Crippen LogP contribution in [0.4, 0.5) is 0 Å². The minimum absolute atomic E-state index is 0.175. The quantitative estimate of drug-likeness (QED) is 0.735. The van der Waals surface area contributed by atoms with Crippen molar-refractivity contribution in [2.45, 2.75) is 77.5 Å². The summed E-state index contributed by atoms with van der Waals surface area (Å²) >= 11 is 0. The third-order valence-corrected chi connectivity index (χ3v) is 4.33. The molecule has 0 aromatic carbocycles. The Morgan fingerprint density at radius 1 is 0.545 bits per heavy atom. The Bertz CT molecular complexity index is 371. The van der Waals surface area contributed by atoms with Gasteiger partial charge in [-0.1, -0.05) is 10.4 Å². The highest BCUT2D eigenvalue weighted by molar-refractivity contribution is 4.95. The van der Waals surface area contributed by atoms with Crippen molar-refractivity contribution in [2.24, 2.45) is 10.4 Å². The van der Waals surface area contributed by atoms with Crippen LogP contribution >= 0.6 is 0 Å². The molecule has 2 heterocycles. The Morgan fingerprint density at radius 2 is 0.773 bits per heavy atom. The molecule has 2 aliphatic rings. The van der Waals surface area contributed by atoms with Crippen LogP contribution in [0.5, 0.6) is 0 Å². The number of hydrogen-bond acceptors (Lipinski definition) is 4. The Balaban J connectivity index is 2.28. The SMILES string of the molecule is CC1(C)COCC(C)(C)N1/N=N/N1C(C)(C)COCC1(C)C. The number of morpholine rings is 2. The fraction of sp³-hybridized carbons (Fsp3) is 1.00. The van der Waals surface area contributed by atoms with E-state index in [1.807, 2.05) is 0 Å². The largest absolute Gasteiger partial charge is 0.376 e. The van der Waals surface area contributed by atoms with Crippen LogP contribution in [0.1, 0.15) is 55.4 Å². The average Bonchev–Trinajstić information content (AvgIpc) is 2.29. The third kappa shape index (κ3) is 3.23. The lowest BCUT2D eigenvalue weighted by Crippen LogP contribution is -2.63. The Hall–Kier alpha value is -0.880. The zero-order valence-corrected chi connectivity index (χ0v) is 15.4. The van der Waals surface area contributed by atoms with E-state index in [0.29, 0.717) is 26.4 Å². The van der Waals surface area contributed by atoms with Crippen molar-refractivity contribution in [1.82, 2.24) is 10.0 Å². The minimum atomic E-state index is -0.175. The van der Waals surface area contributed by atoms with Crippen molar-refractivity contribution in [1.29, 1.82) is 0 Å². The Kier molecular flexibility index (Phi) is 4.24. The fourth-order valence-electron chi connectivity index (χ4n) is 3.55. The van der Waals surface area contributed by atoms with Gasteiger partial charge in [0, 0.05) is 0 Å². The second kappa shape index (κ2) is 5.34. The van der Waals surface area contributed by atoms with Crippen molar-refractivity contribution in [3.8, 4) is 0 Å². The first-order valence-corrected chi connectivity index (χ1v) is 8.06. The molecule has 0 unspecified atom stereocenters. The van der Waals surface area contributed by atoms with E-state index in [4.69, 9.17) is 9.47 Å². The Morgan fingerprint density at radius 3 is 1.00 bits per heavy atom. The molecule has 6 heteroatoms. The molecule has 128 valence electrons. The molecule has 0 aromatic heterocycles. The van der Waals surface area contributed by atoms with E-state index in [2.05, 4.69) is 75.9 Å². The van der Waals surface area contributed by atoms with Crippen LogP contribution in [-0.4, -0.2) is 58.6 Å². The zero-order chi connectivity index (χ0) is 16.8. The molecule has 6 nitrogen and oxygen atoms in total. The van der Waals surface area contributed by atoms with E-state index in [1.165, 1.54) is 0 Å². The van der Waals surface area contributed by atoms with Gasteiger partial charge in [0.05, 0.1) is 48.6 Å². The highest BCUT2D eigenvalue weighted by Crippen LogP contribution is 2.34. The normalized spacial score (nSPS) is 29.8. The van der Waals surface area contributed by atoms with Crippen LogP contribution in [0.25, 0.3) is 0 Å². The summed E-state index contributed by atoms with van der Waals surface area (Å²) in [5.74, 6) is 0. The molecular formula is C16H32N4O2. The lowest BCUT2D eigenvalue weighted by Gasteiger charge is -2.52. The third-order valence-electron chi connectivity index (χ3n) is 4.33. The average molecular weight is 312 g/mol. The van der Waals surface area contributed by atoms with Gasteiger partial charge >= 0.3 is 0 Å². The summed E-state index contributed by atoms with van der Waals surface area (Å²) in [5, 5.41) is 13.5. The van der Waals surface area contributed by atoms with Crippen LogP contribution in [0.2, 0.25) is 0 Å². The monoisotopic (exact) mass is 312 g/mol. The van der Waals surface area contributed by atoms with Crippen molar-refractivity contribution < 1.29 is 9.47 Å². The van der Waals surface area contributed by atoms with E-state index in [-0.39, 0.29) is 22.2 Å². The van der Waals surface area contributed by atoms with Crippen LogP contribution < -0.4 is 0 Å². The summed E-state index contributed by atoms with van der Waals surface area (Å²) in [6.07, 6.45) is 0.